The summed E-state index contributed by atoms with van der Waals surface area (Å²) in [5.74, 6) is -1.49. The summed E-state index contributed by atoms with van der Waals surface area (Å²) in [6, 6.07) is 23.0. The molecule has 5 aromatic rings. The molecule has 0 bridgehead atoms. The first-order valence-electron chi connectivity index (χ1n) is 12.7. The van der Waals surface area contributed by atoms with Crippen LogP contribution in [0.25, 0.3) is 38.4 Å². The van der Waals surface area contributed by atoms with Gasteiger partial charge in [-0.15, -0.1) is 12.4 Å². The third-order valence-corrected chi connectivity index (χ3v) is 7.88. The van der Waals surface area contributed by atoms with E-state index in [2.05, 4.69) is 60.6 Å². The van der Waals surface area contributed by atoms with E-state index >= 15 is 0 Å². The molecule has 1 atom stereocenters. The number of nitrogens with zero attached hydrogens (tertiary/aromatic N) is 2. The van der Waals surface area contributed by atoms with Crippen LogP contribution in [0.15, 0.2) is 90.5 Å². The molecule has 5 heteroatoms. The van der Waals surface area contributed by atoms with Gasteiger partial charge in [0.2, 0.25) is 0 Å². The van der Waals surface area contributed by atoms with E-state index < -0.39 is 11.6 Å². The maximum Gasteiger partial charge on any atom is 0.159 e. The molecule has 38 heavy (non-hydrogen) atoms. The molecule has 2 aliphatic carbocycles. The fraction of sp³-hybridized carbons (Fsp3) is 0.152. The summed E-state index contributed by atoms with van der Waals surface area (Å²) in [6.45, 7) is 2.11. The predicted octanol–water partition coefficient (Wildman–Crippen LogP) is 8.90. The Morgan fingerprint density at radius 3 is 2.55 bits per heavy atom. The van der Waals surface area contributed by atoms with Crippen molar-refractivity contribution in [3.8, 4) is 11.1 Å². The molecular formula is C33H25ClF2N2. The molecule has 1 aromatic heterocycles. The van der Waals surface area contributed by atoms with Gasteiger partial charge in [0.1, 0.15) is 0 Å². The Kier molecular flexibility index (Phi) is 6.08. The number of aromatic nitrogens is 2. The summed E-state index contributed by atoms with van der Waals surface area (Å²) in [6.07, 6.45) is 7.46. The molecule has 0 spiro atoms. The van der Waals surface area contributed by atoms with Gasteiger partial charge in [0.25, 0.3) is 0 Å². The van der Waals surface area contributed by atoms with E-state index in [1.165, 1.54) is 39.8 Å². The van der Waals surface area contributed by atoms with E-state index in [1.54, 1.807) is 6.07 Å². The third-order valence-electron chi connectivity index (χ3n) is 7.88. The highest BCUT2D eigenvalue weighted by Crippen LogP contribution is 2.47. The molecule has 2 aliphatic rings. The van der Waals surface area contributed by atoms with Crippen LogP contribution in [-0.4, -0.2) is 10.2 Å². The molecule has 188 valence electrons. The lowest BCUT2D eigenvalue weighted by atomic mass is 9.72. The summed E-state index contributed by atoms with van der Waals surface area (Å²) in [5.41, 5.74) is 9.95. The van der Waals surface area contributed by atoms with Crippen LogP contribution in [0.1, 0.15) is 41.1 Å². The molecule has 2 nitrogen and oxygen atoms in total. The lowest BCUT2D eigenvalue weighted by Gasteiger charge is -2.32. The monoisotopic (exact) mass is 522 g/mol. The first-order chi connectivity index (χ1) is 18.1. The third kappa shape index (κ3) is 3.91. The molecule has 0 saturated carbocycles. The van der Waals surface area contributed by atoms with Crippen LogP contribution in [0, 0.1) is 18.6 Å². The van der Waals surface area contributed by atoms with Crippen molar-refractivity contribution < 1.29 is 8.78 Å². The minimum absolute atomic E-state index is 0. The molecule has 0 aliphatic heterocycles. The highest BCUT2D eigenvalue weighted by atomic mass is 35.5. The van der Waals surface area contributed by atoms with Gasteiger partial charge >= 0.3 is 0 Å². The maximum atomic E-state index is 14.0. The predicted molar refractivity (Wildman–Crippen MR) is 153 cm³/mol. The number of hydrogen-bond donors (Lipinski definition) is 0. The number of aryl methyl sites for hydroxylation is 1. The van der Waals surface area contributed by atoms with Gasteiger partial charge in [0.05, 0.1) is 11.2 Å². The van der Waals surface area contributed by atoms with Gasteiger partial charge in [0.15, 0.2) is 11.6 Å². The number of allylic oxidation sites excluding steroid dienone is 4. The Hall–Kier alpha value is -3.89. The second kappa shape index (κ2) is 9.45. The van der Waals surface area contributed by atoms with E-state index in [4.69, 9.17) is 5.10 Å². The zero-order chi connectivity index (χ0) is 25.1. The molecule has 7 rings (SSSR count). The summed E-state index contributed by atoms with van der Waals surface area (Å²) in [5, 5.41) is 12.7. The summed E-state index contributed by atoms with van der Waals surface area (Å²) >= 11 is 0. The molecule has 1 heterocycles. The van der Waals surface area contributed by atoms with E-state index in [9.17, 15) is 8.78 Å². The van der Waals surface area contributed by atoms with Gasteiger partial charge in [-0.1, -0.05) is 60.2 Å². The highest BCUT2D eigenvalue weighted by molar-refractivity contribution is 5.98. The van der Waals surface area contributed by atoms with Crippen molar-refractivity contribution in [2.75, 3.05) is 0 Å². The van der Waals surface area contributed by atoms with Gasteiger partial charge in [-0.25, -0.2) is 8.78 Å². The molecule has 4 aromatic carbocycles. The Morgan fingerprint density at radius 1 is 0.816 bits per heavy atom. The largest absolute Gasteiger partial charge is 0.204 e. The van der Waals surface area contributed by atoms with Crippen molar-refractivity contribution in [3.63, 3.8) is 0 Å². The normalized spacial score (nSPS) is 16.3. The van der Waals surface area contributed by atoms with E-state index in [-0.39, 0.29) is 18.3 Å². The van der Waals surface area contributed by atoms with Gasteiger partial charge in [0, 0.05) is 11.3 Å². The topological polar surface area (TPSA) is 25.8 Å². The lowest BCUT2D eigenvalue weighted by Crippen LogP contribution is -2.18. The average molecular weight is 523 g/mol. The van der Waals surface area contributed by atoms with E-state index in [1.807, 2.05) is 18.2 Å². The fourth-order valence-corrected chi connectivity index (χ4v) is 6.16. The molecule has 0 saturated heterocycles. The summed E-state index contributed by atoms with van der Waals surface area (Å²) in [7, 11) is 0. The molecule has 0 radical (unpaired) electrons. The van der Waals surface area contributed by atoms with Gasteiger partial charge in [-0.2, -0.15) is 10.2 Å². The molecule has 0 N–H and O–H groups in total. The van der Waals surface area contributed by atoms with Crippen LogP contribution < -0.4 is 0 Å². The molecule has 0 fully saturated rings. The van der Waals surface area contributed by atoms with Crippen LogP contribution in [-0.2, 0) is 6.42 Å². The van der Waals surface area contributed by atoms with Gasteiger partial charge < -0.3 is 0 Å². The second-order valence-corrected chi connectivity index (χ2v) is 10.1. The highest BCUT2D eigenvalue weighted by Gasteiger charge is 2.31. The zero-order valence-corrected chi connectivity index (χ0v) is 21.7. The van der Waals surface area contributed by atoms with Crippen LogP contribution >= 0.6 is 12.4 Å². The summed E-state index contributed by atoms with van der Waals surface area (Å²) in [4.78, 5) is 0. The number of halogens is 3. The fourth-order valence-electron chi connectivity index (χ4n) is 6.16. The smallest absolute Gasteiger partial charge is 0.159 e. The number of hydrogen-bond acceptors (Lipinski definition) is 2. The lowest BCUT2D eigenvalue weighted by molar-refractivity contribution is 0.509. The Balaban J connectivity index is 0.00000264. The standard InChI is InChI=1S/C33H24F2N2.ClH/c1-19-14-23(20-11-13-29(34)30(35)16-20)15-22-10-12-26-24-7-3-4-8-25(24)27(18-28(26)33(19)22)32-17-21-6-2-5-9-31(21)36-37-32;/h2-3,5-7,9-17,27H,4,8,18H2,1H3;1H. The van der Waals surface area contributed by atoms with Crippen molar-refractivity contribution in [3.05, 3.63) is 125 Å². The number of benzene rings is 4. The number of rotatable bonds is 2. The first-order valence-corrected chi connectivity index (χ1v) is 12.7. The van der Waals surface area contributed by atoms with Crippen molar-refractivity contribution >= 4 is 39.7 Å². The van der Waals surface area contributed by atoms with Crippen LogP contribution in [0.3, 0.4) is 0 Å². The molecular weight excluding hydrogens is 498 g/mol. The van der Waals surface area contributed by atoms with Gasteiger partial charge in [-0.3, -0.25) is 0 Å². The molecule has 0 amide bonds. The Morgan fingerprint density at radius 2 is 1.68 bits per heavy atom. The maximum absolute atomic E-state index is 14.0. The Labute approximate surface area is 226 Å². The van der Waals surface area contributed by atoms with Crippen molar-refractivity contribution in [2.45, 2.75) is 32.1 Å². The second-order valence-electron chi connectivity index (χ2n) is 10.1. The van der Waals surface area contributed by atoms with Crippen LogP contribution in [0.4, 0.5) is 8.78 Å². The quantitative estimate of drug-likeness (QED) is 0.231. The van der Waals surface area contributed by atoms with Gasteiger partial charge in [-0.05, 0) is 101 Å². The molecule has 1 unspecified atom stereocenters. The minimum Gasteiger partial charge on any atom is -0.204 e. The van der Waals surface area contributed by atoms with Crippen LogP contribution in [0.5, 0.6) is 0 Å². The Bertz CT molecular complexity index is 1800. The van der Waals surface area contributed by atoms with Crippen LogP contribution in [0.2, 0.25) is 0 Å². The SMILES string of the molecule is Cc1cc(-c2ccc(F)c(F)c2)cc2ccc3c(c12)CC(c1cc2ccccc2nn1)C1=C3C=CCC1.Cl. The summed E-state index contributed by atoms with van der Waals surface area (Å²) < 4.78 is 27.5. The minimum atomic E-state index is -0.831. The first kappa shape index (κ1) is 24.4. The van der Waals surface area contributed by atoms with E-state index in [0.717, 1.165) is 52.4 Å². The van der Waals surface area contributed by atoms with E-state index in [0.29, 0.717) is 5.56 Å². The zero-order valence-electron chi connectivity index (χ0n) is 20.8. The van der Waals surface area contributed by atoms with Crippen molar-refractivity contribution in [1.82, 2.24) is 10.2 Å². The average Bonchev–Trinajstić information content (AvgIpc) is 2.93. The van der Waals surface area contributed by atoms with Crippen molar-refractivity contribution in [1.29, 1.82) is 0 Å². The number of fused-ring (bicyclic) bond motifs is 5. The van der Waals surface area contributed by atoms with Crippen molar-refractivity contribution in [2.24, 2.45) is 0 Å².